The maximum absolute atomic E-state index is 11.5. The van der Waals surface area contributed by atoms with Gasteiger partial charge < -0.3 is 10.1 Å². The van der Waals surface area contributed by atoms with Gasteiger partial charge in [0.25, 0.3) is 5.91 Å². The summed E-state index contributed by atoms with van der Waals surface area (Å²) in [5, 5.41) is 2.51. The van der Waals surface area contributed by atoms with Crippen LogP contribution in [-0.2, 0) is 9.53 Å². The Balaban J connectivity index is 2.41. The number of aromatic nitrogens is 1. The molecule has 0 aliphatic rings. The molecule has 0 radical (unpaired) electrons. The van der Waals surface area contributed by atoms with E-state index in [2.05, 4.69) is 15.0 Å². The Hall–Kier alpha value is -2.43. The maximum atomic E-state index is 11.5. The van der Waals surface area contributed by atoms with Crippen molar-refractivity contribution in [2.75, 3.05) is 7.11 Å². The minimum atomic E-state index is -0.453. The molecule has 0 unspecified atom stereocenters. The lowest BCUT2D eigenvalue weighted by molar-refractivity contribution is -0.134. The molecular weight excluding hydrogens is 220 g/mol. The molecule has 0 saturated heterocycles. The quantitative estimate of drug-likeness (QED) is 0.478. The van der Waals surface area contributed by atoms with Crippen molar-refractivity contribution in [3.63, 3.8) is 0 Å². The molecule has 1 aromatic heterocycles. The van der Waals surface area contributed by atoms with Crippen molar-refractivity contribution in [2.45, 2.75) is 0 Å². The summed E-state index contributed by atoms with van der Waals surface area (Å²) in [6.07, 6.45) is 7.16. The number of rotatable bonds is 4. The van der Waals surface area contributed by atoms with E-state index in [0.717, 1.165) is 0 Å². The second kappa shape index (κ2) is 6.95. The summed E-state index contributed by atoms with van der Waals surface area (Å²) in [4.78, 5) is 26.0. The van der Waals surface area contributed by atoms with E-state index in [1.54, 1.807) is 18.2 Å². The molecule has 0 atom stereocenters. The van der Waals surface area contributed by atoms with Crippen LogP contribution in [-0.4, -0.2) is 24.0 Å². The van der Waals surface area contributed by atoms with Gasteiger partial charge in [-0.2, -0.15) is 0 Å². The van der Waals surface area contributed by atoms with Gasteiger partial charge in [0.05, 0.1) is 7.11 Å². The number of hydrogen-bond acceptors (Lipinski definition) is 4. The summed E-state index contributed by atoms with van der Waals surface area (Å²) in [6.45, 7) is 0. The molecule has 0 aliphatic heterocycles. The largest absolute Gasteiger partial charge is 0.466 e. The molecule has 17 heavy (non-hydrogen) atoms. The molecular formula is C12H12N2O3. The number of carbonyl (C=O) groups excluding carboxylic acids is 2. The summed E-state index contributed by atoms with van der Waals surface area (Å²) in [5.41, 5.74) is 0.328. The van der Waals surface area contributed by atoms with Gasteiger partial charge in [-0.15, -0.1) is 0 Å². The topological polar surface area (TPSA) is 68.3 Å². The van der Waals surface area contributed by atoms with E-state index in [9.17, 15) is 9.59 Å². The van der Waals surface area contributed by atoms with Crippen molar-refractivity contribution in [3.05, 3.63) is 54.5 Å². The van der Waals surface area contributed by atoms with E-state index in [1.807, 2.05) is 0 Å². The highest BCUT2D eigenvalue weighted by atomic mass is 16.5. The van der Waals surface area contributed by atoms with Gasteiger partial charge >= 0.3 is 5.97 Å². The van der Waals surface area contributed by atoms with Gasteiger partial charge in [0.2, 0.25) is 0 Å². The first-order valence-corrected chi connectivity index (χ1v) is 4.87. The van der Waals surface area contributed by atoms with Gasteiger partial charge in [0.15, 0.2) is 0 Å². The average molecular weight is 232 g/mol. The molecule has 5 nitrogen and oxygen atoms in total. The number of nitrogens with zero attached hydrogens (tertiary/aromatic N) is 1. The molecule has 0 spiro atoms. The van der Waals surface area contributed by atoms with Crippen LogP contribution in [0.5, 0.6) is 0 Å². The molecule has 1 amide bonds. The Bertz CT molecular complexity index is 438. The highest BCUT2D eigenvalue weighted by Gasteiger charge is 2.01. The van der Waals surface area contributed by atoms with Crippen molar-refractivity contribution in [3.8, 4) is 0 Å². The standard InChI is InChI=1S/C12H12N2O3/c1-17-11(15)7-3-5-9-14-12(16)10-6-2-4-8-13-10/h2-9H,1H3,(H,14,16)/b7-3+,9-5+. The molecule has 0 fully saturated rings. The maximum Gasteiger partial charge on any atom is 0.330 e. The van der Waals surface area contributed by atoms with Gasteiger partial charge in [-0.3, -0.25) is 9.78 Å². The van der Waals surface area contributed by atoms with Gasteiger partial charge in [-0.1, -0.05) is 12.1 Å². The number of ether oxygens (including phenoxy) is 1. The van der Waals surface area contributed by atoms with E-state index in [0.29, 0.717) is 5.69 Å². The highest BCUT2D eigenvalue weighted by Crippen LogP contribution is 1.92. The Labute approximate surface area is 98.8 Å². The zero-order chi connectivity index (χ0) is 12.5. The number of allylic oxidation sites excluding steroid dienone is 2. The van der Waals surface area contributed by atoms with Crippen molar-refractivity contribution in [2.24, 2.45) is 0 Å². The lowest BCUT2D eigenvalue weighted by atomic mass is 10.3. The average Bonchev–Trinajstić information content (AvgIpc) is 2.38. The lowest BCUT2D eigenvalue weighted by Gasteiger charge is -1.97. The second-order valence-corrected chi connectivity index (χ2v) is 2.93. The summed E-state index contributed by atoms with van der Waals surface area (Å²) in [6, 6.07) is 5.06. The molecule has 0 saturated carbocycles. The summed E-state index contributed by atoms with van der Waals surface area (Å²) in [5.74, 6) is -0.765. The van der Waals surface area contributed by atoms with Crippen LogP contribution in [0, 0.1) is 0 Å². The molecule has 0 aromatic carbocycles. The van der Waals surface area contributed by atoms with Crippen LogP contribution in [0.1, 0.15) is 10.5 Å². The Morgan fingerprint density at radius 2 is 2.18 bits per heavy atom. The minimum absolute atomic E-state index is 0.312. The molecule has 5 heteroatoms. The number of hydrogen-bond donors (Lipinski definition) is 1. The summed E-state index contributed by atoms with van der Waals surface area (Å²) >= 11 is 0. The van der Waals surface area contributed by atoms with E-state index in [-0.39, 0.29) is 5.91 Å². The number of esters is 1. The normalized spacial score (nSPS) is 10.6. The molecule has 1 heterocycles. The van der Waals surface area contributed by atoms with E-state index < -0.39 is 5.97 Å². The first kappa shape index (κ1) is 12.6. The van der Waals surface area contributed by atoms with Crippen LogP contribution >= 0.6 is 0 Å². The van der Waals surface area contributed by atoms with Gasteiger partial charge in [0.1, 0.15) is 5.69 Å². The van der Waals surface area contributed by atoms with Crippen LogP contribution in [0.15, 0.2) is 48.8 Å². The van der Waals surface area contributed by atoms with Crippen LogP contribution in [0.4, 0.5) is 0 Å². The fourth-order valence-electron chi connectivity index (χ4n) is 0.953. The van der Waals surface area contributed by atoms with Gasteiger partial charge in [0, 0.05) is 18.5 Å². The molecule has 1 rings (SSSR count). The second-order valence-electron chi connectivity index (χ2n) is 2.93. The fourth-order valence-corrected chi connectivity index (χ4v) is 0.953. The Morgan fingerprint density at radius 3 is 2.82 bits per heavy atom. The smallest absolute Gasteiger partial charge is 0.330 e. The van der Waals surface area contributed by atoms with Crippen molar-refractivity contribution >= 4 is 11.9 Å². The monoisotopic (exact) mass is 232 g/mol. The zero-order valence-electron chi connectivity index (χ0n) is 9.29. The third-order valence-electron chi connectivity index (χ3n) is 1.75. The van der Waals surface area contributed by atoms with Crippen molar-refractivity contribution in [1.29, 1.82) is 0 Å². The third-order valence-corrected chi connectivity index (χ3v) is 1.75. The van der Waals surface area contributed by atoms with Crippen LogP contribution in [0.25, 0.3) is 0 Å². The zero-order valence-corrected chi connectivity index (χ0v) is 9.29. The molecule has 88 valence electrons. The first-order chi connectivity index (χ1) is 8.24. The van der Waals surface area contributed by atoms with Gasteiger partial charge in [-0.25, -0.2) is 4.79 Å². The van der Waals surface area contributed by atoms with Gasteiger partial charge in [-0.05, 0) is 18.2 Å². The predicted octanol–water partition coefficient (Wildman–Crippen LogP) is 1.05. The Morgan fingerprint density at radius 1 is 1.35 bits per heavy atom. The number of pyridine rings is 1. The van der Waals surface area contributed by atoms with Crippen LogP contribution in [0.2, 0.25) is 0 Å². The predicted molar refractivity (Wildman–Crippen MR) is 62.0 cm³/mol. The van der Waals surface area contributed by atoms with Crippen molar-refractivity contribution < 1.29 is 14.3 Å². The molecule has 0 bridgehead atoms. The Kier molecular flexibility index (Phi) is 5.16. The summed E-state index contributed by atoms with van der Waals surface area (Å²) < 4.78 is 4.39. The number of methoxy groups -OCH3 is 1. The first-order valence-electron chi connectivity index (χ1n) is 4.87. The molecule has 1 aromatic rings. The number of nitrogens with one attached hydrogen (secondary N) is 1. The van der Waals surface area contributed by atoms with E-state index >= 15 is 0 Å². The lowest BCUT2D eigenvalue weighted by Crippen LogP contribution is -2.17. The summed E-state index contributed by atoms with van der Waals surface area (Å²) in [7, 11) is 1.29. The molecule has 1 N–H and O–H groups in total. The van der Waals surface area contributed by atoms with Crippen LogP contribution < -0.4 is 5.32 Å². The fraction of sp³-hybridized carbons (Fsp3) is 0.0833. The number of amides is 1. The van der Waals surface area contributed by atoms with Crippen LogP contribution in [0.3, 0.4) is 0 Å². The highest BCUT2D eigenvalue weighted by molar-refractivity contribution is 5.92. The van der Waals surface area contributed by atoms with E-state index in [4.69, 9.17) is 0 Å². The number of carbonyl (C=O) groups is 2. The third kappa shape index (κ3) is 4.74. The SMILES string of the molecule is COC(=O)/C=C/C=C/NC(=O)c1ccccn1. The molecule has 0 aliphatic carbocycles. The van der Waals surface area contributed by atoms with E-state index in [1.165, 1.54) is 37.7 Å². The van der Waals surface area contributed by atoms with Crippen molar-refractivity contribution in [1.82, 2.24) is 10.3 Å². The minimum Gasteiger partial charge on any atom is -0.466 e.